The third-order valence-corrected chi connectivity index (χ3v) is 17.8. The molecule has 4 fully saturated rings. The third kappa shape index (κ3) is 11.7. The molecule has 29 heteroatoms. The molecule has 0 spiro atoms. The summed E-state index contributed by atoms with van der Waals surface area (Å²) in [6.45, 7) is 8.84. The van der Waals surface area contributed by atoms with Crippen molar-refractivity contribution in [3.05, 3.63) is 65.2 Å². The Morgan fingerprint density at radius 3 is 1.40 bits per heavy atom. The summed E-state index contributed by atoms with van der Waals surface area (Å²) in [6, 6.07) is 0. The summed E-state index contributed by atoms with van der Waals surface area (Å²) >= 11 is 0. The highest BCUT2D eigenvalue weighted by molar-refractivity contribution is 7.53. The highest BCUT2D eigenvalue weighted by atomic mass is 31.2. The molecule has 0 radical (unpaired) electrons. The van der Waals surface area contributed by atoms with Crippen molar-refractivity contribution in [1.29, 1.82) is 0 Å². The molecule has 4 heterocycles. The van der Waals surface area contributed by atoms with Gasteiger partial charge in [0.25, 0.3) is 11.1 Å². The maximum atomic E-state index is 12.6. The van der Waals surface area contributed by atoms with Crippen LogP contribution in [0, 0.1) is 25.7 Å². The fourth-order valence-corrected chi connectivity index (χ4v) is 11.4. The van der Waals surface area contributed by atoms with E-state index in [1.165, 1.54) is 68.2 Å². The summed E-state index contributed by atoms with van der Waals surface area (Å²) < 4.78 is 89.6. The van der Waals surface area contributed by atoms with E-state index in [-0.39, 0.29) is 37.2 Å². The Labute approximate surface area is 359 Å². The lowest BCUT2D eigenvalue weighted by Gasteiger charge is -2.34. The number of aromatic nitrogens is 4. The molecule has 6 N–H and O–H groups in total. The van der Waals surface area contributed by atoms with Crippen LogP contribution in [-0.2, 0) is 51.0 Å². The quantitative estimate of drug-likeness (QED) is 0.0848. The number of nitrogens with zero attached hydrogens (tertiary/aromatic N) is 2. The monoisotopic (exact) mass is 978 g/mol. The topological polar surface area (TPSA) is 370 Å². The van der Waals surface area contributed by atoms with Crippen LogP contribution >= 0.6 is 30.4 Å². The first-order valence-corrected chi connectivity index (χ1v) is 26.3. The largest absolute Gasteiger partial charge is 0.778 e. The fourth-order valence-electron chi connectivity index (χ4n) is 7.42. The highest BCUT2D eigenvalue weighted by Crippen LogP contribution is 2.64. The van der Waals surface area contributed by atoms with E-state index in [1.54, 1.807) is 0 Å². The van der Waals surface area contributed by atoms with Gasteiger partial charge in [-0.15, -0.1) is 0 Å². The van der Waals surface area contributed by atoms with Crippen LogP contribution in [0.5, 0.6) is 0 Å². The number of methoxy groups -OCH3 is 2. The van der Waals surface area contributed by atoms with E-state index in [2.05, 4.69) is 9.97 Å². The van der Waals surface area contributed by atoms with E-state index in [0.29, 0.717) is 0 Å². The van der Waals surface area contributed by atoms with Gasteiger partial charge in [-0.3, -0.25) is 37.8 Å². The Morgan fingerprint density at radius 2 is 1.06 bits per heavy atom. The molecule has 2 aromatic rings. The van der Waals surface area contributed by atoms with E-state index in [0.717, 1.165) is 9.13 Å². The van der Waals surface area contributed by atoms with Crippen molar-refractivity contribution in [2.24, 2.45) is 11.8 Å². The molecule has 2 saturated carbocycles. The Morgan fingerprint density at radius 1 is 0.683 bits per heavy atom. The maximum absolute atomic E-state index is 12.6. The second-order valence-electron chi connectivity index (χ2n) is 16.5. The van der Waals surface area contributed by atoms with Gasteiger partial charge in [0.2, 0.25) is 0 Å². The zero-order valence-electron chi connectivity index (χ0n) is 35.5. The Hall–Kier alpha value is -2.24. The molecule has 2 aromatic heterocycles. The van der Waals surface area contributed by atoms with Gasteiger partial charge in [0.15, 0.2) is 12.5 Å². The molecule has 2 aliphatic carbocycles. The van der Waals surface area contributed by atoms with Crippen LogP contribution in [0.25, 0.3) is 0 Å². The van der Waals surface area contributed by atoms with Crippen molar-refractivity contribution in [3.63, 3.8) is 0 Å². The average Bonchev–Trinajstić information content (AvgIpc) is 4.09. The normalized spacial score (nSPS) is 32.6. The Bertz CT molecular complexity index is 2410. The van der Waals surface area contributed by atoms with E-state index in [1.807, 2.05) is 0 Å². The summed E-state index contributed by atoms with van der Waals surface area (Å²) in [4.78, 5) is 116. The first kappa shape index (κ1) is 51.7. The predicted molar refractivity (Wildman–Crippen MR) is 215 cm³/mol. The summed E-state index contributed by atoms with van der Waals surface area (Å²) in [7, 11) is -14.9. The summed E-state index contributed by atoms with van der Waals surface area (Å²) in [6.07, 6.45) is -6.54. The SMILES string of the molecule is COC1C(OP(=O)([O-])C(C)C)C(C2CC2P(=O)(O)O)OC1n1cc(C)c(=O)[nH]c1=O.COCCOC1C(OP(=O)([O-])C(C)C)C(C2CC2P(=O)(O)O)OC1n1cc(C)c(=O)[nH]c1=O. The number of ether oxygens (including phenoxy) is 5. The van der Waals surface area contributed by atoms with Crippen LogP contribution in [0.3, 0.4) is 0 Å². The fraction of sp³-hybridized carbons (Fsp3) is 0.765. The van der Waals surface area contributed by atoms with Crippen LogP contribution in [-0.4, -0.2) is 125 Å². The van der Waals surface area contributed by atoms with Gasteiger partial charge in [-0.2, -0.15) is 0 Å². The second kappa shape index (κ2) is 19.5. The lowest BCUT2D eigenvalue weighted by atomic mass is 10.1. The van der Waals surface area contributed by atoms with Gasteiger partial charge in [0.05, 0.1) is 36.7 Å². The number of aromatic amines is 2. The van der Waals surface area contributed by atoms with Crippen molar-refractivity contribution in [1.82, 2.24) is 19.1 Å². The van der Waals surface area contributed by atoms with Crippen LogP contribution < -0.4 is 32.3 Å². The molecule has 63 heavy (non-hydrogen) atoms. The van der Waals surface area contributed by atoms with Gasteiger partial charge in [0.1, 0.15) is 39.6 Å². The summed E-state index contributed by atoms with van der Waals surface area (Å²) in [5.41, 5.74) is -6.13. The van der Waals surface area contributed by atoms with Gasteiger partial charge in [-0.25, -0.2) is 9.59 Å². The first-order valence-electron chi connectivity index (χ1n) is 19.7. The molecule has 2 saturated heterocycles. The molecule has 0 amide bonds. The van der Waals surface area contributed by atoms with Crippen molar-refractivity contribution >= 4 is 30.4 Å². The maximum Gasteiger partial charge on any atom is 0.330 e. The molecule has 0 aromatic carbocycles. The minimum Gasteiger partial charge on any atom is -0.778 e. The molecule has 25 nitrogen and oxygen atoms in total. The van der Waals surface area contributed by atoms with Gasteiger partial charge >= 0.3 is 26.6 Å². The van der Waals surface area contributed by atoms with E-state index < -0.39 is 136 Å². The van der Waals surface area contributed by atoms with E-state index >= 15 is 0 Å². The van der Waals surface area contributed by atoms with Crippen LogP contribution in [0.4, 0.5) is 0 Å². The molecule has 6 rings (SSSR count). The van der Waals surface area contributed by atoms with Gasteiger partial charge < -0.3 is 71.2 Å². The zero-order valence-corrected chi connectivity index (χ0v) is 39.1. The third-order valence-electron chi connectivity index (χ3n) is 11.3. The van der Waals surface area contributed by atoms with Gasteiger partial charge in [-0.1, -0.05) is 27.7 Å². The molecule has 14 atom stereocenters. The standard InChI is InChI=1S/C18H30N2O11P2.C16H26N2O10P2/c1-9(2)33(26,27)31-14-13(11-7-12(11)32(23,24)25)30-17(15(14)29-6-5-28-4)20-8-10(3)16(21)19-18(20)22;1-7(2)30(24,25)28-12-11(9-5-10(9)29(21,22)23)27-15(13(12)26-4)18-6-8(3)14(19)17-16(18)20/h8-9,11-15,17H,5-7H2,1-4H3,(H,26,27)(H,19,21,22)(H2,23,24,25);6-7,9-13,15H,5H2,1-4H3,(H,24,25)(H,17,19,20)(H2,21,22,23)/p-2. The number of rotatable bonds is 17. The van der Waals surface area contributed by atoms with Crippen LogP contribution in [0.2, 0.25) is 0 Å². The van der Waals surface area contributed by atoms with Crippen LogP contribution in [0.1, 0.15) is 64.1 Å². The van der Waals surface area contributed by atoms with Gasteiger partial charge in [-0.05, 0) is 26.7 Å². The number of nitrogens with one attached hydrogen (secondary N) is 2. The highest BCUT2D eigenvalue weighted by Gasteiger charge is 2.63. The minimum atomic E-state index is -4.45. The van der Waals surface area contributed by atoms with Crippen molar-refractivity contribution in [2.75, 3.05) is 27.4 Å². The lowest BCUT2D eigenvalue weighted by Crippen LogP contribution is -2.42. The van der Waals surface area contributed by atoms with E-state index in [9.17, 15) is 66.8 Å². The molecule has 4 aliphatic rings. The molecular formula is C34H54N4O21P4-2. The number of H-pyrrole nitrogens is 2. The van der Waals surface area contributed by atoms with Crippen LogP contribution in [0.15, 0.2) is 31.6 Å². The predicted octanol–water partition coefficient (Wildman–Crippen LogP) is -0.642. The summed E-state index contributed by atoms with van der Waals surface area (Å²) in [5, 5.41) is 0. The molecule has 358 valence electrons. The average molecular weight is 979 g/mol. The Kier molecular flexibility index (Phi) is 16.0. The van der Waals surface area contributed by atoms with Crippen molar-refractivity contribution < 1.29 is 80.4 Å². The molecule has 14 unspecified atom stereocenters. The number of aryl methyl sites for hydroxylation is 2. The number of hydrogen-bond acceptors (Lipinski definition) is 17. The molecule has 2 aliphatic heterocycles. The minimum absolute atomic E-state index is 0.00210. The molecular weight excluding hydrogens is 924 g/mol. The lowest BCUT2D eigenvalue weighted by molar-refractivity contribution is -0.210. The van der Waals surface area contributed by atoms with Crippen molar-refractivity contribution in [2.45, 2.75) is 126 Å². The summed E-state index contributed by atoms with van der Waals surface area (Å²) in [5.74, 6) is -1.38. The molecule has 0 bridgehead atoms. The second-order valence-corrected chi connectivity index (χ2v) is 24.8. The smallest absolute Gasteiger partial charge is 0.330 e. The van der Waals surface area contributed by atoms with Crippen molar-refractivity contribution in [3.8, 4) is 0 Å². The van der Waals surface area contributed by atoms with E-state index in [4.69, 9.17) is 32.7 Å². The Balaban J connectivity index is 0.000000239. The number of hydrogen-bond donors (Lipinski definition) is 6. The first-order chi connectivity index (χ1) is 29.0. The van der Waals surface area contributed by atoms with Gasteiger partial charge in [0, 0.05) is 60.9 Å². The zero-order chi connectivity index (χ0) is 47.3.